The van der Waals surface area contributed by atoms with E-state index in [-0.39, 0.29) is 11.1 Å². The molecule has 4 rings (SSSR count). The third-order valence-electron chi connectivity index (χ3n) is 4.77. The van der Waals surface area contributed by atoms with Gasteiger partial charge in [0.25, 0.3) is 0 Å². The van der Waals surface area contributed by atoms with E-state index in [1.54, 1.807) is 6.07 Å². The molecule has 1 aliphatic rings. The molecule has 1 saturated carbocycles. The van der Waals surface area contributed by atoms with Gasteiger partial charge in [0, 0.05) is 5.56 Å². The molecule has 0 aromatic heterocycles. The highest BCUT2D eigenvalue weighted by Crippen LogP contribution is 2.34. The maximum atomic E-state index is 14.5. The van der Waals surface area contributed by atoms with E-state index in [0.29, 0.717) is 5.56 Å². The fourth-order valence-electron chi connectivity index (χ4n) is 3.13. The van der Waals surface area contributed by atoms with E-state index in [0.717, 1.165) is 30.0 Å². The smallest absolute Gasteiger partial charge is 0.194 e. The molecule has 0 saturated heterocycles. The van der Waals surface area contributed by atoms with Crippen molar-refractivity contribution < 1.29 is 17.6 Å². The van der Waals surface area contributed by atoms with Crippen LogP contribution in [0.4, 0.5) is 17.6 Å². The average molecular weight is 356 g/mol. The highest BCUT2D eigenvalue weighted by Gasteiger charge is 2.21. The first-order valence-electron chi connectivity index (χ1n) is 8.55. The first-order chi connectivity index (χ1) is 12.5. The SMILES string of the molecule is Fc1cc(-c2ccc(CC3CC3)cc2)ccc1-c1cc(F)c(F)c(F)c1. The van der Waals surface area contributed by atoms with Crippen molar-refractivity contribution in [2.45, 2.75) is 19.3 Å². The predicted octanol–water partition coefficient (Wildman–Crippen LogP) is 6.53. The number of benzene rings is 3. The summed E-state index contributed by atoms with van der Waals surface area (Å²) in [6.07, 6.45) is 3.66. The quantitative estimate of drug-likeness (QED) is 0.368. The summed E-state index contributed by atoms with van der Waals surface area (Å²) in [5.74, 6) is -4.05. The molecule has 0 unspecified atom stereocenters. The van der Waals surface area contributed by atoms with Crippen molar-refractivity contribution in [2.75, 3.05) is 0 Å². The Morgan fingerprint density at radius 3 is 1.81 bits per heavy atom. The van der Waals surface area contributed by atoms with Crippen LogP contribution in [-0.2, 0) is 6.42 Å². The minimum absolute atomic E-state index is 0.0249. The zero-order valence-corrected chi connectivity index (χ0v) is 13.9. The molecule has 3 aromatic carbocycles. The summed E-state index contributed by atoms with van der Waals surface area (Å²) in [7, 11) is 0. The van der Waals surface area contributed by atoms with Gasteiger partial charge in [-0.2, -0.15) is 0 Å². The molecule has 26 heavy (non-hydrogen) atoms. The Bertz CT molecular complexity index is 933. The Kier molecular flexibility index (Phi) is 4.27. The minimum atomic E-state index is -1.56. The molecule has 0 amide bonds. The van der Waals surface area contributed by atoms with E-state index in [9.17, 15) is 17.6 Å². The van der Waals surface area contributed by atoms with Gasteiger partial charge in [0.1, 0.15) is 5.82 Å². The molecular formula is C22H16F4. The third kappa shape index (κ3) is 3.36. The Morgan fingerprint density at radius 2 is 1.23 bits per heavy atom. The summed E-state index contributed by atoms with van der Waals surface area (Å²) in [6.45, 7) is 0. The van der Waals surface area contributed by atoms with Crippen molar-refractivity contribution in [1.29, 1.82) is 0 Å². The summed E-state index contributed by atoms with van der Waals surface area (Å²) < 4.78 is 54.4. The zero-order chi connectivity index (χ0) is 18.3. The van der Waals surface area contributed by atoms with E-state index >= 15 is 0 Å². The van der Waals surface area contributed by atoms with Gasteiger partial charge in [-0.1, -0.05) is 36.4 Å². The molecule has 3 aromatic rings. The van der Waals surface area contributed by atoms with Gasteiger partial charge in [0.05, 0.1) is 0 Å². The topological polar surface area (TPSA) is 0 Å². The third-order valence-corrected chi connectivity index (χ3v) is 4.77. The fourth-order valence-corrected chi connectivity index (χ4v) is 3.13. The largest absolute Gasteiger partial charge is 0.206 e. The molecule has 132 valence electrons. The lowest BCUT2D eigenvalue weighted by Crippen LogP contribution is -1.94. The second-order valence-electron chi connectivity index (χ2n) is 6.79. The van der Waals surface area contributed by atoms with Gasteiger partial charge >= 0.3 is 0 Å². The van der Waals surface area contributed by atoms with E-state index in [1.807, 2.05) is 24.3 Å². The molecule has 0 atom stereocenters. The second-order valence-corrected chi connectivity index (χ2v) is 6.79. The van der Waals surface area contributed by atoms with Gasteiger partial charge in [-0.05, 0) is 65.6 Å². The summed E-state index contributed by atoms with van der Waals surface area (Å²) in [5.41, 5.74) is 2.80. The first-order valence-corrected chi connectivity index (χ1v) is 8.55. The molecule has 1 fully saturated rings. The van der Waals surface area contributed by atoms with Crippen molar-refractivity contribution in [1.82, 2.24) is 0 Å². The number of hydrogen-bond acceptors (Lipinski definition) is 0. The molecule has 0 spiro atoms. The Hall–Kier alpha value is -2.62. The highest BCUT2D eigenvalue weighted by molar-refractivity contribution is 5.71. The summed E-state index contributed by atoms with van der Waals surface area (Å²) in [5, 5.41) is 0. The van der Waals surface area contributed by atoms with Gasteiger partial charge in [0.15, 0.2) is 17.5 Å². The van der Waals surface area contributed by atoms with Crippen molar-refractivity contribution in [2.24, 2.45) is 5.92 Å². The molecule has 0 radical (unpaired) electrons. The van der Waals surface area contributed by atoms with E-state index in [4.69, 9.17) is 0 Å². The van der Waals surface area contributed by atoms with Gasteiger partial charge in [-0.15, -0.1) is 0 Å². The van der Waals surface area contributed by atoms with Crippen LogP contribution in [0, 0.1) is 29.2 Å². The lowest BCUT2D eigenvalue weighted by atomic mass is 9.98. The monoisotopic (exact) mass is 356 g/mol. The van der Waals surface area contributed by atoms with E-state index in [2.05, 4.69) is 0 Å². The van der Waals surface area contributed by atoms with Crippen molar-refractivity contribution in [3.05, 3.63) is 83.4 Å². The van der Waals surface area contributed by atoms with E-state index in [1.165, 1.54) is 30.5 Å². The van der Waals surface area contributed by atoms with Crippen LogP contribution in [0.2, 0.25) is 0 Å². The Balaban J connectivity index is 1.63. The normalized spacial score (nSPS) is 13.8. The lowest BCUT2D eigenvalue weighted by Gasteiger charge is -2.09. The Morgan fingerprint density at radius 1 is 0.654 bits per heavy atom. The summed E-state index contributed by atoms with van der Waals surface area (Å²) in [6, 6.07) is 14.0. The number of hydrogen-bond donors (Lipinski definition) is 0. The molecular weight excluding hydrogens is 340 g/mol. The molecule has 4 heteroatoms. The van der Waals surface area contributed by atoms with Crippen molar-refractivity contribution in [3.63, 3.8) is 0 Å². The van der Waals surface area contributed by atoms with Crippen molar-refractivity contribution >= 4 is 0 Å². The number of rotatable bonds is 4. The van der Waals surface area contributed by atoms with E-state index < -0.39 is 23.3 Å². The highest BCUT2D eigenvalue weighted by atomic mass is 19.2. The van der Waals surface area contributed by atoms with Crippen LogP contribution in [0.3, 0.4) is 0 Å². The molecule has 0 nitrogen and oxygen atoms in total. The van der Waals surface area contributed by atoms with Crippen molar-refractivity contribution in [3.8, 4) is 22.3 Å². The van der Waals surface area contributed by atoms with Gasteiger partial charge in [0.2, 0.25) is 0 Å². The minimum Gasteiger partial charge on any atom is -0.206 e. The van der Waals surface area contributed by atoms with Gasteiger partial charge in [-0.3, -0.25) is 0 Å². The van der Waals surface area contributed by atoms with Crippen LogP contribution in [0.15, 0.2) is 54.6 Å². The fraction of sp³-hybridized carbons (Fsp3) is 0.182. The summed E-state index contributed by atoms with van der Waals surface area (Å²) in [4.78, 5) is 0. The Labute approximate surface area is 149 Å². The lowest BCUT2D eigenvalue weighted by molar-refractivity contribution is 0.447. The maximum Gasteiger partial charge on any atom is 0.194 e. The van der Waals surface area contributed by atoms with Crippen LogP contribution >= 0.6 is 0 Å². The standard InChI is InChI=1S/C22H16F4/c23-19-10-16(15-5-3-14(4-6-15)9-13-1-2-13)7-8-18(19)17-11-20(24)22(26)21(25)12-17/h3-8,10-13H,1-2,9H2. The van der Waals surface area contributed by atoms with Gasteiger partial charge < -0.3 is 0 Å². The first kappa shape index (κ1) is 16.8. The number of halogens is 4. The molecule has 0 heterocycles. The van der Waals surface area contributed by atoms with Crippen LogP contribution in [0.25, 0.3) is 22.3 Å². The maximum absolute atomic E-state index is 14.5. The van der Waals surface area contributed by atoms with Gasteiger partial charge in [-0.25, -0.2) is 17.6 Å². The van der Waals surface area contributed by atoms with Crippen LogP contribution < -0.4 is 0 Å². The molecule has 0 bridgehead atoms. The molecule has 0 aliphatic heterocycles. The predicted molar refractivity (Wildman–Crippen MR) is 93.6 cm³/mol. The molecule has 1 aliphatic carbocycles. The van der Waals surface area contributed by atoms with Crippen LogP contribution in [0.5, 0.6) is 0 Å². The van der Waals surface area contributed by atoms with Crippen LogP contribution in [-0.4, -0.2) is 0 Å². The zero-order valence-electron chi connectivity index (χ0n) is 13.9. The summed E-state index contributed by atoms with van der Waals surface area (Å²) >= 11 is 0. The molecule has 0 N–H and O–H groups in total. The van der Waals surface area contributed by atoms with Crippen LogP contribution in [0.1, 0.15) is 18.4 Å². The average Bonchev–Trinajstić information content (AvgIpc) is 3.44. The second kappa shape index (κ2) is 6.60.